The third kappa shape index (κ3) is 10.1. The number of nitrogens with two attached hydrogens (primary N) is 1. The first-order valence-corrected chi connectivity index (χ1v) is 16.4. The molecule has 0 atom stereocenters. The summed E-state index contributed by atoms with van der Waals surface area (Å²) < 4.78 is 5.23. The molecule has 47 heavy (non-hydrogen) atoms. The van der Waals surface area contributed by atoms with Crippen molar-refractivity contribution in [1.29, 1.82) is 0 Å². The van der Waals surface area contributed by atoms with Crippen LogP contribution in [0.25, 0.3) is 11.4 Å². The molecule has 2 heterocycles. The van der Waals surface area contributed by atoms with Crippen LogP contribution in [0.1, 0.15) is 104 Å². The summed E-state index contributed by atoms with van der Waals surface area (Å²) in [5.74, 6) is -0.653. The van der Waals surface area contributed by atoms with E-state index in [1.54, 1.807) is 24.3 Å². The van der Waals surface area contributed by atoms with Crippen molar-refractivity contribution in [3.05, 3.63) is 70.9 Å². The van der Waals surface area contributed by atoms with E-state index in [0.717, 1.165) is 56.9 Å². The molecule has 0 radical (unpaired) electrons. The van der Waals surface area contributed by atoms with Crippen LogP contribution in [0.15, 0.2) is 48.5 Å². The van der Waals surface area contributed by atoms with E-state index in [0.29, 0.717) is 47.1 Å². The summed E-state index contributed by atoms with van der Waals surface area (Å²) in [6.45, 7) is 8.69. The Bertz CT molecular complexity index is 1580. The first kappa shape index (κ1) is 35.1. The van der Waals surface area contributed by atoms with Crippen molar-refractivity contribution in [1.82, 2.24) is 20.6 Å². The number of fused-ring (bicyclic) bond motifs is 1. The van der Waals surface area contributed by atoms with Crippen LogP contribution in [-0.4, -0.2) is 52.5 Å². The Balaban J connectivity index is 1.24. The van der Waals surface area contributed by atoms with E-state index in [1.165, 1.54) is 4.90 Å². The number of ether oxygens (including phenoxy) is 1. The lowest BCUT2D eigenvalue weighted by atomic mass is 10.1. The third-order valence-corrected chi connectivity index (χ3v) is 7.74. The van der Waals surface area contributed by atoms with Crippen LogP contribution in [0.2, 0.25) is 0 Å². The number of hydrogen-bond donors (Lipinski definition) is 3. The average molecular weight is 643 g/mol. The number of rotatable bonds is 15. The first-order chi connectivity index (χ1) is 22.4. The molecule has 4 amide bonds. The Morgan fingerprint density at radius 3 is 2.11 bits per heavy atom. The maximum absolute atomic E-state index is 13.2. The summed E-state index contributed by atoms with van der Waals surface area (Å²) in [5, 5.41) is 5.77. The fourth-order valence-corrected chi connectivity index (χ4v) is 5.38. The van der Waals surface area contributed by atoms with Crippen molar-refractivity contribution >= 4 is 35.3 Å². The molecule has 1 aliphatic heterocycles. The quantitative estimate of drug-likeness (QED) is 0.168. The van der Waals surface area contributed by atoms with Gasteiger partial charge >= 0.3 is 6.09 Å². The highest BCUT2D eigenvalue weighted by molar-refractivity contribution is 6.10. The van der Waals surface area contributed by atoms with Crippen molar-refractivity contribution in [3.8, 4) is 11.4 Å². The minimum Gasteiger partial charge on any atom is -0.444 e. The van der Waals surface area contributed by atoms with Gasteiger partial charge in [-0.15, -0.1) is 0 Å². The van der Waals surface area contributed by atoms with Gasteiger partial charge in [-0.25, -0.2) is 14.8 Å². The van der Waals surface area contributed by atoms with E-state index in [4.69, 9.17) is 10.5 Å². The number of carbonyl (C=O) groups is 4. The number of unbranched alkanes of at least 4 members (excludes halogenated alkanes) is 7. The number of aromatic nitrogens is 2. The summed E-state index contributed by atoms with van der Waals surface area (Å²) in [6.07, 6.45) is 7.94. The van der Waals surface area contributed by atoms with Crippen molar-refractivity contribution < 1.29 is 23.9 Å². The molecular formula is C36H46N6O5. The minimum absolute atomic E-state index is 0.0166. The van der Waals surface area contributed by atoms with Crippen molar-refractivity contribution in [2.75, 3.05) is 18.0 Å². The lowest BCUT2D eigenvalue weighted by molar-refractivity contribution is -0.116. The Morgan fingerprint density at radius 1 is 0.872 bits per heavy atom. The molecule has 0 spiro atoms. The molecule has 0 saturated carbocycles. The second-order valence-corrected chi connectivity index (χ2v) is 12.9. The van der Waals surface area contributed by atoms with Crippen LogP contribution in [0.5, 0.6) is 0 Å². The number of anilines is 2. The number of amides is 4. The number of aryl methyl sites for hydroxylation is 1. The number of benzene rings is 2. The lowest BCUT2D eigenvalue weighted by Gasteiger charge is -2.19. The number of primary amides is 1. The second-order valence-electron chi connectivity index (χ2n) is 12.9. The van der Waals surface area contributed by atoms with Gasteiger partial charge in [0.15, 0.2) is 5.82 Å². The van der Waals surface area contributed by atoms with E-state index in [-0.39, 0.29) is 30.0 Å². The zero-order valence-corrected chi connectivity index (χ0v) is 27.9. The van der Waals surface area contributed by atoms with Crippen molar-refractivity contribution in [2.24, 2.45) is 5.73 Å². The van der Waals surface area contributed by atoms with E-state index in [1.807, 2.05) is 52.0 Å². The van der Waals surface area contributed by atoms with Gasteiger partial charge < -0.3 is 21.1 Å². The van der Waals surface area contributed by atoms with Gasteiger partial charge in [-0.05, 0) is 58.7 Å². The Kier molecular flexibility index (Phi) is 12.1. The summed E-state index contributed by atoms with van der Waals surface area (Å²) in [5.41, 5.74) is 8.23. The van der Waals surface area contributed by atoms with Gasteiger partial charge in [-0.2, -0.15) is 0 Å². The Hall–Kier alpha value is -4.80. The molecule has 0 saturated heterocycles. The van der Waals surface area contributed by atoms with Gasteiger partial charge in [-0.3, -0.25) is 19.3 Å². The topological polar surface area (TPSA) is 157 Å². The molecule has 1 aliphatic rings. The van der Waals surface area contributed by atoms with Gasteiger partial charge in [0.1, 0.15) is 17.1 Å². The highest BCUT2D eigenvalue weighted by Gasteiger charge is 2.35. The van der Waals surface area contributed by atoms with Crippen molar-refractivity contribution in [2.45, 2.75) is 91.1 Å². The molecule has 250 valence electrons. The maximum atomic E-state index is 13.2. The third-order valence-electron chi connectivity index (χ3n) is 7.74. The second kappa shape index (κ2) is 16.2. The summed E-state index contributed by atoms with van der Waals surface area (Å²) in [6, 6.07) is 14.4. The predicted molar refractivity (Wildman–Crippen MR) is 182 cm³/mol. The highest BCUT2D eigenvalue weighted by atomic mass is 16.6. The summed E-state index contributed by atoms with van der Waals surface area (Å²) in [7, 11) is 0. The number of carbonyl (C=O) groups excluding carboxylic acids is 4. The smallest absolute Gasteiger partial charge is 0.407 e. The Morgan fingerprint density at radius 2 is 1.49 bits per heavy atom. The van der Waals surface area contributed by atoms with Gasteiger partial charge in [0.25, 0.3) is 11.8 Å². The molecule has 11 nitrogen and oxygen atoms in total. The minimum atomic E-state index is -0.732. The van der Waals surface area contributed by atoms with Crippen LogP contribution < -0.4 is 21.3 Å². The van der Waals surface area contributed by atoms with E-state index < -0.39 is 11.5 Å². The number of hydrogen-bond acceptors (Lipinski definition) is 7. The van der Waals surface area contributed by atoms with Gasteiger partial charge in [0.2, 0.25) is 5.91 Å². The van der Waals surface area contributed by atoms with Crippen LogP contribution in [0.4, 0.5) is 16.3 Å². The molecule has 0 aliphatic carbocycles. The van der Waals surface area contributed by atoms with Crippen LogP contribution >= 0.6 is 0 Å². The van der Waals surface area contributed by atoms with Crippen LogP contribution in [-0.2, 0) is 16.0 Å². The van der Waals surface area contributed by atoms with E-state index in [9.17, 15) is 19.2 Å². The molecular weight excluding hydrogens is 596 g/mol. The zero-order chi connectivity index (χ0) is 34.0. The van der Waals surface area contributed by atoms with Gasteiger partial charge in [-0.1, -0.05) is 74.4 Å². The largest absolute Gasteiger partial charge is 0.444 e. The standard InChI is InChI=1S/C36H46N6O5/c1-24-16-18-25(19-17-24)32-40-30(31(37)44)28-23-29(43)42(33(28)41-32)27-15-13-14-26(22-27)34(45)38-20-11-9-7-5-6-8-10-12-21-39-35(46)47-36(2,3)4/h13-19,22H,5-12,20-21,23H2,1-4H3,(H2,37,44)(H,38,45)(H,39,46). The summed E-state index contributed by atoms with van der Waals surface area (Å²) in [4.78, 5) is 60.7. The van der Waals surface area contributed by atoms with Crippen molar-refractivity contribution in [3.63, 3.8) is 0 Å². The number of nitrogens with one attached hydrogen (secondary N) is 2. The van der Waals surface area contributed by atoms with Gasteiger partial charge in [0.05, 0.1) is 12.1 Å². The molecule has 0 unspecified atom stereocenters. The SMILES string of the molecule is Cc1ccc(-c2nc(C(N)=O)c3c(n2)N(c2cccc(C(=O)NCCCCCCCCCCNC(=O)OC(C)(C)C)c2)C(=O)C3)cc1. The molecule has 3 aromatic rings. The zero-order valence-electron chi connectivity index (χ0n) is 27.9. The molecule has 11 heteroatoms. The Labute approximate surface area is 276 Å². The molecule has 1 aromatic heterocycles. The maximum Gasteiger partial charge on any atom is 0.407 e. The van der Waals surface area contributed by atoms with Crippen LogP contribution in [0.3, 0.4) is 0 Å². The molecule has 0 fully saturated rings. The average Bonchev–Trinajstić information content (AvgIpc) is 3.35. The first-order valence-electron chi connectivity index (χ1n) is 16.4. The fourth-order valence-electron chi connectivity index (χ4n) is 5.38. The summed E-state index contributed by atoms with van der Waals surface area (Å²) >= 11 is 0. The molecule has 4 rings (SSSR count). The fraction of sp³-hybridized carbons (Fsp3) is 0.444. The highest BCUT2D eigenvalue weighted by Crippen LogP contribution is 2.37. The molecule has 2 aromatic carbocycles. The van der Waals surface area contributed by atoms with Gasteiger partial charge in [0, 0.05) is 29.8 Å². The molecule has 0 bridgehead atoms. The predicted octanol–water partition coefficient (Wildman–Crippen LogP) is 6.15. The number of alkyl carbamates (subject to hydrolysis) is 1. The normalized spacial score (nSPS) is 12.5. The van der Waals surface area contributed by atoms with E-state index >= 15 is 0 Å². The monoisotopic (exact) mass is 642 g/mol. The van der Waals surface area contributed by atoms with E-state index in [2.05, 4.69) is 20.6 Å². The number of nitrogens with zero attached hydrogens (tertiary/aromatic N) is 3. The lowest BCUT2D eigenvalue weighted by Crippen LogP contribution is -2.32. The molecule has 4 N–H and O–H groups in total. The van der Waals surface area contributed by atoms with Crippen LogP contribution in [0, 0.1) is 6.92 Å².